The van der Waals surface area contributed by atoms with Crippen LogP contribution in [0.5, 0.6) is 11.5 Å². The molecule has 2 aromatic heterocycles. The van der Waals surface area contributed by atoms with Crippen LogP contribution in [0.25, 0.3) is 10.1 Å². The van der Waals surface area contributed by atoms with Gasteiger partial charge in [-0.05, 0) is 30.3 Å². The molecule has 0 atom stereocenters. The molecule has 0 saturated heterocycles. The lowest BCUT2D eigenvalue weighted by molar-refractivity contribution is -0.137. The van der Waals surface area contributed by atoms with Crippen LogP contribution in [0.4, 0.5) is 13.2 Å². The molecule has 0 aliphatic rings. The number of thiophene rings is 1. The van der Waals surface area contributed by atoms with E-state index in [1.165, 1.54) is 29.7 Å². The fourth-order valence-electron chi connectivity index (χ4n) is 1.98. The number of halogens is 3. The van der Waals surface area contributed by atoms with Gasteiger partial charge in [-0.25, -0.2) is 0 Å². The molecule has 0 aliphatic heterocycles. The topological polar surface area (TPSA) is 65.2 Å². The minimum Gasteiger partial charge on any atom is -0.455 e. The normalized spacial score (nSPS) is 11.6. The van der Waals surface area contributed by atoms with Crippen molar-refractivity contribution < 1.29 is 22.7 Å². The average molecular weight is 338 g/mol. The summed E-state index contributed by atoms with van der Waals surface area (Å²) in [6.45, 7) is 0. The molecule has 3 rings (SSSR count). The van der Waals surface area contributed by atoms with Gasteiger partial charge >= 0.3 is 6.18 Å². The Hall–Kier alpha value is -2.61. The van der Waals surface area contributed by atoms with Crippen molar-refractivity contribution in [2.45, 2.75) is 6.18 Å². The lowest BCUT2D eigenvalue weighted by Gasteiger charge is -2.09. The molecule has 0 aliphatic carbocycles. The van der Waals surface area contributed by atoms with Crippen molar-refractivity contribution in [2.75, 3.05) is 0 Å². The van der Waals surface area contributed by atoms with Gasteiger partial charge in [0.25, 0.3) is 5.91 Å². The third kappa shape index (κ3) is 3.11. The number of primary amides is 1. The summed E-state index contributed by atoms with van der Waals surface area (Å²) in [6, 6.07) is 5.90. The average Bonchev–Trinajstić information content (AvgIpc) is 2.92. The van der Waals surface area contributed by atoms with Gasteiger partial charge in [-0.1, -0.05) is 0 Å². The van der Waals surface area contributed by atoms with E-state index in [1.54, 1.807) is 12.3 Å². The molecule has 4 nitrogen and oxygen atoms in total. The van der Waals surface area contributed by atoms with E-state index in [0.29, 0.717) is 20.7 Å². The van der Waals surface area contributed by atoms with Gasteiger partial charge in [0, 0.05) is 11.6 Å². The van der Waals surface area contributed by atoms with Gasteiger partial charge in [0.1, 0.15) is 5.75 Å². The first-order valence-corrected chi connectivity index (χ1v) is 7.19. The molecule has 8 heteroatoms. The SMILES string of the molecule is NC(=O)c1cc2c(Oc3ccc(C(F)(F)F)cc3)cncc2s1. The number of aromatic nitrogens is 1. The highest BCUT2D eigenvalue weighted by molar-refractivity contribution is 7.20. The van der Waals surface area contributed by atoms with E-state index in [-0.39, 0.29) is 5.75 Å². The summed E-state index contributed by atoms with van der Waals surface area (Å²) in [5, 5.41) is 0.624. The summed E-state index contributed by atoms with van der Waals surface area (Å²) in [6.07, 6.45) is -1.41. The molecule has 1 aromatic carbocycles. The fraction of sp³-hybridized carbons (Fsp3) is 0.0667. The summed E-state index contributed by atoms with van der Waals surface area (Å²) in [5.41, 5.74) is 4.48. The van der Waals surface area contributed by atoms with Gasteiger partial charge in [-0.3, -0.25) is 9.78 Å². The number of ether oxygens (including phenoxy) is 1. The van der Waals surface area contributed by atoms with Crippen molar-refractivity contribution in [3.8, 4) is 11.5 Å². The second-order valence-corrected chi connectivity index (χ2v) is 5.73. The quantitative estimate of drug-likeness (QED) is 0.778. The summed E-state index contributed by atoms with van der Waals surface area (Å²) < 4.78 is 43.9. The van der Waals surface area contributed by atoms with Crippen LogP contribution in [-0.2, 0) is 6.18 Å². The zero-order chi connectivity index (χ0) is 16.6. The van der Waals surface area contributed by atoms with E-state index in [0.717, 1.165) is 12.1 Å². The first-order chi connectivity index (χ1) is 10.8. The largest absolute Gasteiger partial charge is 0.455 e. The van der Waals surface area contributed by atoms with Crippen molar-refractivity contribution in [2.24, 2.45) is 5.73 Å². The van der Waals surface area contributed by atoms with Crippen molar-refractivity contribution in [3.05, 3.63) is 53.2 Å². The maximum atomic E-state index is 12.5. The second kappa shape index (κ2) is 5.54. The molecule has 0 fully saturated rings. The maximum absolute atomic E-state index is 12.5. The highest BCUT2D eigenvalue weighted by Gasteiger charge is 2.30. The maximum Gasteiger partial charge on any atom is 0.416 e. The Morgan fingerprint density at radius 3 is 2.48 bits per heavy atom. The van der Waals surface area contributed by atoms with Crippen molar-refractivity contribution in [3.63, 3.8) is 0 Å². The highest BCUT2D eigenvalue weighted by atomic mass is 32.1. The number of nitrogens with zero attached hydrogens (tertiary/aromatic N) is 1. The van der Waals surface area contributed by atoms with Gasteiger partial charge in [-0.2, -0.15) is 13.2 Å². The molecule has 1 amide bonds. The number of rotatable bonds is 3. The molecule has 0 spiro atoms. The van der Waals surface area contributed by atoms with Crippen LogP contribution in [0.3, 0.4) is 0 Å². The Morgan fingerprint density at radius 2 is 1.87 bits per heavy atom. The first-order valence-electron chi connectivity index (χ1n) is 6.37. The number of nitrogens with two attached hydrogens (primary N) is 1. The summed E-state index contributed by atoms with van der Waals surface area (Å²) >= 11 is 1.17. The highest BCUT2D eigenvalue weighted by Crippen LogP contribution is 2.35. The van der Waals surface area contributed by atoms with E-state index >= 15 is 0 Å². The minimum atomic E-state index is -4.40. The van der Waals surface area contributed by atoms with Crippen molar-refractivity contribution >= 4 is 27.3 Å². The number of alkyl halides is 3. The molecular formula is C15H9F3N2O2S. The number of benzene rings is 1. The lowest BCUT2D eigenvalue weighted by atomic mass is 10.2. The summed E-state index contributed by atoms with van der Waals surface area (Å²) in [4.78, 5) is 15.6. The van der Waals surface area contributed by atoms with Crippen LogP contribution < -0.4 is 10.5 Å². The molecule has 0 radical (unpaired) electrons. The number of carbonyl (C=O) groups excluding carboxylic acids is 1. The number of hydrogen-bond acceptors (Lipinski definition) is 4. The summed E-state index contributed by atoms with van der Waals surface area (Å²) in [7, 11) is 0. The standard InChI is InChI=1S/C15H9F3N2O2S/c16-15(17,18)8-1-3-9(4-2-8)22-11-6-20-7-13-10(11)5-12(23-13)14(19)21/h1-7H,(H2,19,21). The number of amides is 1. The molecule has 0 unspecified atom stereocenters. The van der Waals surface area contributed by atoms with E-state index in [4.69, 9.17) is 10.5 Å². The third-order valence-corrected chi connectivity index (χ3v) is 4.15. The van der Waals surface area contributed by atoms with E-state index in [2.05, 4.69) is 4.98 Å². The zero-order valence-electron chi connectivity index (χ0n) is 11.4. The predicted molar refractivity (Wildman–Crippen MR) is 79.7 cm³/mol. The van der Waals surface area contributed by atoms with Gasteiger partial charge in [-0.15, -0.1) is 11.3 Å². The smallest absolute Gasteiger partial charge is 0.416 e. The molecule has 0 bridgehead atoms. The van der Waals surface area contributed by atoms with Crippen molar-refractivity contribution in [1.29, 1.82) is 0 Å². The van der Waals surface area contributed by atoms with Crippen LogP contribution in [0, 0.1) is 0 Å². The Bertz CT molecular complexity index is 873. The van der Waals surface area contributed by atoms with Gasteiger partial charge < -0.3 is 10.5 Å². The molecule has 2 N–H and O–H groups in total. The monoisotopic (exact) mass is 338 g/mol. The lowest BCUT2D eigenvalue weighted by Crippen LogP contribution is -2.08. The molecular weight excluding hydrogens is 329 g/mol. The van der Waals surface area contributed by atoms with E-state index in [1.807, 2.05) is 0 Å². The number of fused-ring (bicyclic) bond motifs is 1. The molecule has 2 heterocycles. The Morgan fingerprint density at radius 1 is 1.17 bits per heavy atom. The molecule has 118 valence electrons. The molecule has 0 saturated carbocycles. The molecule has 23 heavy (non-hydrogen) atoms. The van der Waals surface area contributed by atoms with E-state index in [9.17, 15) is 18.0 Å². The number of pyridine rings is 1. The Balaban J connectivity index is 1.93. The van der Waals surface area contributed by atoms with Crippen LogP contribution in [0.15, 0.2) is 42.7 Å². The Labute approximate surface area is 132 Å². The zero-order valence-corrected chi connectivity index (χ0v) is 12.2. The number of carbonyl (C=O) groups is 1. The van der Waals surface area contributed by atoms with Gasteiger partial charge in [0.2, 0.25) is 0 Å². The third-order valence-electron chi connectivity index (χ3n) is 3.06. The minimum absolute atomic E-state index is 0.235. The molecule has 3 aromatic rings. The number of hydrogen-bond donors (Lipinski definition) is 1. The second-order valence-electron chi connectivity index (χ2n) is 4.65. The van der Waals surface area contributed by atoms with Gasteiger partial charge in [0.05, 0.1) is 21.3 Å². The van der Waals surface area contributed by atoms with Gasteiger partial charge in [0.15, 0.2) is 5.75 Å². The fourth-order valence-corrected chi connectivity index (χ4v) is 2.87. The predicted octanol–water partition coefficient (Wildman–Crippen LogP) is 4.21. The van der Waals surface area contributed by atoms with Crippen LogP contribution in [0.1, 0.15) is 15.2 Å². The van der Waals surface area contributed by atoms with Crippen molar-refractivity contribution in [1.82, 2.24) is 4.98 Å². The van der Waals surface area contributed by atoms with Crippen LogP contribution in [0.2, 0.25) is 0 Å². The van der Waals surface area contributed by atoms with E-state index < -0.39 is 17.6 Å². The first kappa shape index (κ1) is 15.3. The van der Waals surface area contributed by atoms with Crippen LogP contribution in [-0.4, -0.2) is 10.9 Å². The summed E-state index contributed by atoms with van der Waals surface area (Å²) in [5.74, 6) is 0.0109. The van der Waals surface area contributed by atoms with Crippen LogP contribution >= 0.6 is 11.3 Å². The Kier molecular flexibility index (Phi) is 3.69.